The predicted octanol–water partition coefficient (Wildman–Crippen LogP) is 2.88. The number of likely N-dealkylation sites (tertiary alicyclic amines) is 1. The lowest BCUT2D eigenvalue weighted by Crippen LogP contribution is -2.56. The van der Waals surface area contributed by atoms with Gasteiger partial charge in [0.1, 0.15) is 5.60 Å². The predicted molar refractivity (Wildman–Crippen MR) is 93.4 cm³/mol. The van der Waals surface area contributed by atoms with Gasteiger partial charge in [0.05, 0.1) is 0 Å². The molecule has 23 heavy (non-hydrogen) atoms. The smallest absolute Gasteiger partial charge is 0.407 e. The van der Waals surface area contributed by atoms with Crippen molar-refractivity contribution in [2.75, 3.05) is 13.1 Å². The lowest BCUT2D eigenvalue weighted by atomic mass is 9.94. The van der Waals surface area contributed by atoms with Gasteiger partial charge in [-0.25, -0.2) is 4.79 Å². The highest BCUT2D eigenvalue weighted by Gasteiger charge is 2.38. The topological polar surface area (TPSA) is 67.6 Å². The Labute approximate surface area is 141 Å². The molecule has 2 aliphatic rings. The third-order valence-electron chi connectivity index (χ3n) is 5.28. The highest BCUT2D eigenvalue weighted by Crippen LogP contribution is 2.36. The molecule has 1 aliphatic heterocycles. The van der Waals surface area contributed by atoms with E-state index in [1.54, 1.807) is 0 Å². The van der Waals surface area contributed by atoms with Crippen LogP contribution in [0.25, 0.3) is 0 Å². The van der Waals surface area contributed by atoms with Gasteiger partial charge < -0.3 is 15.8 Å². The third kappa shape index (κ3) is 5.08. The van der Waals surface area contributed by atoms with Crippen LogP contribution in [0.5, 0.6) is 0 Å². The van der Waals surface area contributed by atoms with Crippen molar-refractivity contribution in [1.82, 2.24) is 10.2 Å². The van der Waals surface area contributed by atoms with Crippen molar-refractivity contribution in [2.24, 2.45) is 11.7 Å². The number of nitrogens with zero attached hydrogens (tertiary/aromatic N) is 1. The first kappa shape index (κ1) is 18.5. The fraction of sp³-hybridized carbons (Fsp3) is 0.944. The summed E-state index contributed by atoms with van der Waals surface area (Å²) < 4.78 is 5.38. The lowest BCUT2D eigenvalue weighted by molar-refractivity contribution is 0.0450. The van der Waals surface area contributed by atoms with Crippen molar-refractivity contribution in [3.63, 3.8) is 0 Å². The summed E-state index contributed by atoms with van der Waals surface area (Å²) in [5.41, 5.74) is 5.61. The molecular formula is C18H35N3O2. The molecule has 134 valence electrons. The summed E-state index contributed by atoms with van der Waals surface area (Å²) in [7, 11) is 0. The van der Waals surface area contributed by atoms with E-state index in [1.165, 1.54) is 38.5 Å². The molecule has 1 amide bonds. The summed E-state index contributed by atoms with van der Waals surface area (Å²) in [4.78, 5) is 14.6. The lowest BCUT2D eigenvalue weighted by Gasteiger charge is -2.39. The second kappa shape index (κ2) is 7.84. The maximum absolute atomic E-state index is 12.0. The summed E-state index contributed by atoms with van der Waals surface area (Å²) in [5.74, 6) is 0.820. The van der Waals surface area contributed by atoms with Crippen LogP contribution in [0.15, 0.2) is 0 Å². The van der Waals surface area contributed by atoms with Gasteiger partial charge in [0.2, 0.25) is 0 Å². The van der Waals surface area contributed by atoms with E-state index < -0.39 is 5.60 Å². The zero-order valence-electron chi connectivity index (χ0n) is 15.3. The van der Waals surface area contributed by atoms with Crippen molar-refractivity contribution >= 4 is 6.09 Å². The molecule has 3 unspecified atom stereocenters. The highest BCUT2D eigenvalue weighted by molar-refractivity contribution is 5.68. The number of hydrogen-bond acceptors (Lipinski definition) is 4. The van der Waals surface area contributed by atoms with Crippen molar-refractivity contribution in [3.8, 4) is 0 Å². The summed E-state index contributed by atoms with van der Waals surface area (Å²) in [6.45, 7) is 9.37. The molecule has 5 heteroatoms. The van der Waals surface area contributed by atoms with E-state index in [4.69, 9.17) is 10.5 Å². The number of ether oxygens (including phenoxy) is 1. The molecule has 0 bridgehead atoms. The second-order valence-electron chi connectivity index (χ2n) is 8.23. The van der Waals surface area contributed by atoms with Crippen LogP contribution in [0.4, 0.5) is 4.79 Å². The Morgan fingerprint density at radius 1 is 1.26 bits per heavy atom. The number of amides is 1. The van der Waals surface area contributed by atoms with E-state index in [0.29, 0.717) is 12.6 Å². The average Bonchev–Trinajstić information content (AvgIpc) is 3.06. The quantitative estimate of drug-likeness (QED) is 0.815. The van der Waals surface area contributed by atoms with Crippen LogP contribution in [-0.2, 0) is 4.74 Å². The average molecular weight is 325 g/mol. The van der Waals surface area contributed by atoms with E-state index in [9.17, 15) is 4.79 Å². The van der Waals surface area contributed by atoms with E-state index in [1.807, 2.05) is 27.7 Å². The minimum absolute atomic E-state index is 0.00291. The Balaban J connectivity index is 1.95. The molecule has 2 fully saturated rings. The number of carbonyl (C=O) groups excluding carboxylic acids is 1. The van der Waals surface area contributed by atoms with Gasteiger partial charge in [-0.2, -0.15) is 0 Å². The third-order valence-corrected chi connectivity index (χ3v) is 5.28. The zero-order valence-corrected chi connectivity index (χ0v) is 15.3. The number of hydrogen-bond donors (Lipinski definition) is 2. The van der Waals surface area contributed by atoms with Crippen LogP contribution >= 0.6 is 0 Å². The summed E-state index contributed by atoms with van der Waals surface area (Å²) in [6, 6.07) is 0.835. The van der Waals surface area contributed by atoms with E-state index >= 15 is 0 Å². The van der Waals surface area contributed by atoms with Gasteiger partial charge in [-0.15, -0.1) is 0 Å². The second-order valence-corrected chi connectivity index (χ2v) is 8.23. The molecule has 0 aromatic heterocycles. The number of rotatable bonds is 5. The molecule has 0 radical (unpaired) electrons. The molecule has 1 saturated carbocycles. The Morgan fingerprint density at radius 2 is 1.91 bits per heavy atom. The molecule has 3 N–H and O–H groups in total. The highest BCUT2D eigenvalue weighted by atomic mass is 16.6. The SMILES string of the molecule is CC(NC(=O)OC(C)(C)C)C(CN)N1CCCC1C1CCCC1. The van der Waals surface area contributed by atoms with Crippen LogP contribution in [-0.4, -0.2) is 47.8 Å². The molecular weight excluding hydrogens is 290 g/mol. The fourth-order valence-electron chi connectivity index (χ4n) is 4.29. The van der Waals surface area contributed by atoms with Crippen molar-refractivity contribution < 1.29 is 9.53 Å². The largest absolute Gasteiger partial charge is 0.444 e. The number of nitrogens with one attached hydrogen (secondary N) is 1. The van der Waals surface area contributed by atoms with Gasteiger partial charge in [0.25, 0.3) is 0 Å². The standard InChI is InChI=1S/C18H35N3O2/c1-13(20-17(22)23-18(2,3)4)16(12-19)21-11-7-10-15(21)14-8-5-6-9-14/h13-16H,5-12,19H2,1-4H3,(H,20,22). The molecule has 5 nitrogen and oxygen atoms in total. The van der Waals surface area contributed by atoms with Crippen LogP contribution < -0.4 is 11.1 Å². The molecule has 0 aromatic carbocycles. The number of nitrogens with two attached hydrogens (primary N) is 1. The Bertz CT molecular complexity index is 388. The monoisotopic (exact) mass is 325 g/mol. The van der Waals surface area contributed by atoms with E-state index in [2.05, 4.69) is 10.2 Å². The van der Waals surface area contributed by atoms with Crippen molar-refractivity contribution in [1.29, 1.82) is 0 Å². The van der Waals surface area contributed by atoms with Crippen molar-refractivity contribution in [3.05, 3.63) is 0 Å². The van der Waals surface area contributed by atoms with Gasteiger partial charge in [-0.05, 0) is 65.8 Å². The first-order valence-corrected chi connectivity index (χ1v) is 9.27. The number of alkyl carbamates (subject to hydrolysis) is 1. The van der Waals surface area contributed by atoms with Gasteiger partial charge in [-0.3, -0.25) is 4.90 Å². The van der Waals surface area contributed by atoms with Gasteiger partial charge in [0.15, 0.2) is 0 Å². The molecule has 1 aliphatic carbocycles. The summed E-state index contributed by atoms with van der Waals surface area (Å²) >= 11 is 0. The van der Waals surface area contributed by atoms with E-state index in [-0.39, 0.29) is 18.2 Å². The maximum Gasteiger partial charge on any atom is 0.407 e. The van der Waals surface area contributed by atoms with Gasteiger partial charge in [-0.1, -0.05) is 12.8 Å². The minimum Gasteiger partial charge on any atom is -0.444 e. The Morgan fingerprint density at radius 3 is 2.48 bits per heavy atom. The Hall–Kier alpha value is -0.810. The molecule has 1 heterocycles. The molecule has 0 spiro atoms. The molecule has 0 aromatic rings. The fourth-order valence-corrected chi connectivity index (χ4v) is 4.29. The van der Waals surface area contributed by atoms with E-state index in [0.717, 1.165) is 12.5 Å². The van der Waals surface area contributed by atoms with Crippen LogP contribution in [0, 0.1) is 5.92 Å². The molecule has 2 rings (SSSR count). The van der Waals surface area contributed by atoms with Gasteiger partial charge >= 0.3 is 6.09 Å². The van der Waals surface area contributed by atoms with Crippen LogP contribution in [0.1, 0.15) is 66.2 Å². The molecule has 1 saturated heterocycles. The first-order chi connectivity index (χ1) is 10.8. The first-order valence-electron chi connectivity index (χ1n) is 9.27. The zero-order chi connectivity index (χ0) is 17.0. The number of carbonyl (C=O) groups is 1. The maximum atomic E-state index is 12.0. The molecule has 3 atom stereocenters. The van der Waals surface area contributed by atoms with Gasteiger partial charge in [0, 0.05) is 24.7 Å². The normalized spacial score (nSPS) is 26.2. The Kier molecular flexibility index (Phi) is 6.32. The minimum atomic E-state index is -0.470. The van der Waals surface area contributed by atoms with Crippen LogP contribution in [0.2, 0.25) is 0 Å². The summed E-state index contributed by atoms with van der Waals surface area (Å²) in [6.07, 6.45) is 7.62. The van der Waals surface area contributed by atoms with Crippen molar-refractivity contribution in [2.45, 2.75) is 89.9 Å². The summed E-state index contributed by atoms with van der Waals surface area (Å²) in [5, 5.41) is 2.99. The van der Waals surface area contributed by atoms with Crippen LogP contribution in [0.3, 0.4) is 0 Å².